The maximum Gasteiger partial charge on any atom is 0.224 e. The van der Waals surface area contributed by atoms with Crippen LogP contribution in [0.4, 0.5) is 0 Å². The van der Waals surface area contributed by atoms with E-state index >= 15 is 0 Å². The molecule has 1 aromatic rings. The van der Waals surface area contributed by atoms with Gasteiger partial charge in [0, 0.05) is 13.2 Å². The van der Waals surface area contributed by atoms with Crippen molar-refractivity contribution in [3.05, 3.63) is 35.4 Å². The molecule has 1 atom stereocenters. The Hall–Kier alpha value is -1.35. The second kappa shape index (κ2) is 7.07. The molecule has 0 spiro atoms. The van der Waals surface area contributed by atoms with Crippen LogP contribution >= 0.6 is 0 Å². The van der Waals surface area contributed by atoms with Gasteiger partial charge >= 0.3 is 0 Å². The number of rotatable bonds is 6. The van der Waals surface area contributed by atoms with Gasteiger partial charge in [-0.25, -0.2) is 0 Å². The highest BCUT2D eigenvalue weighted by molar-refractivity contribution is 5.78. The molecule has 0 saturated carbocycles. The molecule has 1 amide bonds. The molecule has 0 bridgehead atoms. The monoisotopic (exact) mass is 235 g/mol. The SMILES string of the molecule is CCc1ccc(CC(=O)NCC(C)CO)cc1. The number of aryl methyl sites for hydroxylation is 1. The zero-order valence-corrected chi connectivity index (χ0v) is 10.6. The first-order valence-electron chi connectivity index (χ1n) is 6.11. The average molecular weight is 235 g/mol. The molecule has 2 N–H and O–H groups in total. The number of amides is 1. The molecule has 0 aliphatic heterocycles. The molecular formula is C14H21NO2. The molecule has 0 aliphatic rings. The molecule has 0 fully saturated rings. The fourth-order valence-corrected chi connectivity index (χ4v) is 1.49. The Balaban J connectivity index is 2.39. The van der Waals surface area contributed by atoms with Crippen molar-refractivity contribution in [2.45, 2.75) is 26.7 Å². The maximum absolute atomic E-state index is 11.6. The summed E-state index contributed by atoms with van der Waals surface area (Å²) in [5.41, 5.74) is 2.31. The fourth-order valence-electron chi connectivity index (χ4n) is 1.49. The lowest BCUT2D eigenvalue weighted by atomic mass is 10.1. The average Bonchev–Trinajstić information content (AvgIpc) is 2.36. The number of hydrogen-bond acceptors (Lipinski definition) is 2. The third-order valence-electron chi connectivity index (χ3n) is 2.76. The second-order valence-electron chi connectivity index (χ2n) is 4.44. The Morgan fingerprint density at radius 1 is 1.29 bits per heavy atom. The number of hydrogen-bond donors (Lipinski definition) is 2. The molecule has 1 rings (SSSR count). The molecule has 17 heavy (non-hydrogen) atoms. The van der Waals surface area contributed by atoms with Crippen LogP contribution in [-0.4, -0.2) is 24.2 Å². The molecule has 0 aliphatic carbocycles. The Labute approximate surface area is 103 Å². The van der Waals surface area contributed by atoms with E-state index in [-0.39, 0.29) is 18.4 Å². The Morgan fingerprint density at radius 3 is 2.41 bits per heavy atom. The first-order chi connectivity index (χ1) is 8.15. The van der Waals surface area contributed by atoms with Crippen molar-refractivity contribution in [2.75, 3.05) is 13.2 Å². The topological polar surface area (TPSA) is 49.3 Å². The summed E-state index contributed by atoms with van der Waals surface area (Å²) >= 11 is 0. The van der Waals surface area contributed by atoms with Gasteiger partial charge in [0.15, 0.2) is 0 Å². The van der Waals surface area contributed by atoms with Gasteiger partial charge in [0.2, 0.25) is 5.91 Å². The zero-order valence-electron chi connectivity index (χ0n) is 10.6. The number of nitrogens with one attached hydrogen (secondary N) is 1. The van der Waals surface area contributed by atoms with Gasteiger partial charge in [-0.1, -0.05) is 38.1 Å². The molecule has 3 heteroatoms. The summed E-state index contributed by atoms with van der Waals surface area (Å²) < 4.78 is 0. The summed E-state index contributed by atoms with van der Waals surface area (Å²) in [5, 5.41) is 11.7. The van der Waals surface area contributed by atoms with Gasteiger partial charge < -0.3 is 10.4 Å². The lowest BCUT2D eigenvalue weighted by Gasteiger charge is -2.09. The number of carbonyl (C=O) groups is 1. The predicted molar refractivity (Wildman–Crippen MR) is 68.8 cm³/mol. The van der Waals surface area contributed by atoms with Crippen molar-refractivity contribution in [1.82, 2.24) is 5.32 Å². The minimum Gasteiger partial charge on any atom is -0.396 e. The van der Waals surface area contributed by atoms with E-state index in [9.17, 15) is 4.79 Å². The highest BCUT2D eigenvalue weighted by atomic mass is 16.3. The number of benzene rings is 1. The first-order valence-corrected chi connectivity index (χ1v) is 6.11. The van der Waals surface area contributed by atoms with Crippen LogP contribution < -0.4 is 5.32 Å². The smallest absolute Gasteiger partial charge is 0.224 e. The van der Waals surface area contributed by atoms with Crippen LogP contribution in [0, 0.1) is 5.92 Å². The summed E-state index contributed by atoms with van der Waals surface area (Å²) in [6.45, 7) is 4.64. The summed E-state index contributed by atoms with van der Waals surface area (Å²) in [6, 6.07) is 8.10. The lowest BCUT2D eigenvalue weighted by Crippen LogP contribution is -2.30. The highest BCUT2D eigenvalue weighted by Crippen LogP contribution is 2.05. The van der Waals surface area contributed by atoms with E-state index < -0.39 is 0 Å². The van der Waals surface area contributed by atoms with E-state index in [4.69, 9.17) is 5.11 Å². The third-order valence-corrected chi connectivity index (χ3v) is 2.76. The van der Waals surface area contributed by atoms with Gasteiger partial charge in [0.05, 0.1) is 6.42 Å². The van der Waals surface area contributed by atoms with Crippen molar-refractivity contribution in [3.63, 3.8) is 0 Å². The minimum atomic E-state index is 0.00884. The number of aliphatic hydroxyl groups is 1. The van der Waals surface area contributed by atoms with Crippen LogP contribution in [0.15, 0.2) is 24.3 Å². The van der Waals surface area contributed by atoms with E-state index in [1.165, 1.54) is 5.56 Å². The van der Waals surface area contributed by atoms with Crippen LogP contribution in [-0.2, 0) is 17.6 Å². The highest BCUT2D eigenvalue weighted by Gasteiger charge is 2.05. The van der Waals surface area contributed by atoms with Crippen LogP contribution in [0.5, 0.6) is 0 Å². The van der Waals surface area contributed by atoms with E-state index in [2.05, 4.69) is 24.4 Å². The third kappa shape index (κ3) is 5.00. The van der Waals surface area contributed by atoms with Crippen LogP contribution in [0.3, 0.4) is 0 Å². The fraction of sp³-hybridized carbons (Fsp3) is 0.500. The molecule has 94 valence electrons. The largest absolute Gasteiger partial charge is 0.396 e. The van der Waals surface area contributed by atoms with E-state index in [1.807, 2.05) is 19.1 Å². The summed E-state index contributed by atoms with van der Waals surface area (Å²) in [7, 11) is 0. The van der Waals surface area contributed by atoms with Gasteiger partial charge in [-0.05, 0) is 23.5 Å². The number of aliphatic hydroxyl groups excluding tert-OH is 1. The molecule has 1 unspecified atom stereocenters. The van der Waals surface area contributed by atoms with Gasteiger partial charge in [-0.2, -0.15) is 0 Å². The molecule has 0 saturated heterocycles. The van der Waals surface area contributed by atoms with Gasteiger partial charge in [0.25, 0.3) is 0 Å². The standard InChI is InChI=1S/C14H21NO2/c1-3-12-4-6-13(7-5-12)8-14(17)15-9-11(2)10-16/h4-7,11,16H,3,8-10H2,1-2H3,(H,15,17). The summed E-state index contributed by atoms with van der Waals surface area (Å²) in [4.78, 5) is 11.6. The maximum atomic E-state index is 11.6. The predicted octanol–water partition coefficient (Wildman–Crippen LogP) is 1.54. The van der Waals surface area contributed by atoms with E-state index in [0.29, 0.717) is 13.0 Å². The second-order valence-corrected chi connectivity index (χ2v) is 4.44. The van der Waals surface area contributed by atoms with Crippen LogP contribution in [0.2, 0.25) is 0 Å². The number of carbonyl (C=O) groups excluding carboxylic acids is 1. The Morgan fingerprint density at radius 2 is 1.88 bits per heavy atom. The van der Waals surface area contributed by atoms with Crippen LogP contribution in [0.25, 0.3) is 0 Å². The molecule has 0 heterocycles. The normalized spacial score (nSPS) is 12.2. The molecule has 3 nitrogen and oxygen atoms in total. The van der Waals surface area contributed by atoms with Gasteiger partial charge in [-0.15, -0.1) is 0 Å². The summed E-state index contributed by atoms with van der Waals surface area (Å²) in [6.07, 6.45) is 1.42. The molecule has 1 aromatic carbocycles. The van der Waals surface area contributed by atoms with Crippen molar-refractivity contribution < 1.29 is 9.90 Å². The van der Waals surface area contributed by atoms with E-state index in [1.54, 1.807) is 0 Å². The first kappa shape index (κ1) is 13.7. The minimum absolute atomic E-state index is 0.00884. The van der Waals surface area contributed by atoms with Crippen molar-refractivity contribution in [1.29, 1.82) is 0 Å². The van der Waals surface area contributed by atoms with E-state index in [0.717, 1.165) is 12.0 Å². The molecule has 0 radical (unpaired) electrons. The van der Waals surface area contributed by atoms with Gasteiger partial charge in [0.1, 0.15) is 0 Å². The quantitative estimate of drug-likeness (QED) is 0.785. The van der Waals surface area contributed by atoms with Gasteiger partial charge in [-0.3, -0.25) is 4.79 Å². The Kier molecular flexibility index (Phi) is 5.70. The van der Waals surface area contributed by atoms with Crippen LogP contribution in [0.1, 0.15) is 25.0 Å². The molecular weight excluding hydrogens is 214 g/mol. The van der Waals surface area contributed by atoms with Crippen molar-refractivity contribution in [3.8, 4) is 0 Å². The summed E-state index contributed by atoms with van der Waals surface area (Å²) in [5.74, 6) is 0.121. The van der Waals surface area contributed by atoms with Crippen molar-refractivity contribution in [2.24, 2.45) is 5.92 Å². The zero-order chi connectivity index (χ0) is 12.7. The Bertz CT molecular complexity index is 346. The molecule has 0 aromatic heterocycles. The van der Waals surface area contributed by atoms with Crippen molar-refractivity contribution >= 4 is 5.91 Å². The lowest BCUT2D eigenvalue weighted by molar-refractivity contribution is -0.120.